The Kier molecular flexibility index (Phi) is 17.2. The van der Waals surface area contributed by atoms with Crippen LogP contribution in [0.15, 0.2) is 0 Å². The maximum Gasteiger partial charge on any atom is 0.326 e. The molecule has 0 unspecified atom stereocenters. The number of carbonyl (C=O) groups excluding carboxylic acids is 7. The summed E-state index contributed by atoms with van der Waals surface area (Å²) in [5.74, 6) is -8.93. The van der Waals surface area contributed by atoms with Gasteiger partial charge in [-0.05, 0) is 52.4 Å². The number of nitrogens with two attached hydrogens (primary N) is 1. The largest absolute Gasteiger partial charge is 0.481 e. The summed E-state index contributed by atoms with van der Waals surface area (Å²) in [7, 11) is 0. The van der Waals surface area contributed by atoms with Crippen molar-refractivity contribution in [3.8, 4) is 0 Å². The number of nitrogens with one attached hydrogen (secondary N) is 4. The summed E-state index contributed by atoms with van der Waals surface area (Å²) in [6.45, 7) is 2.70. The number of aliphatic hydroxyl groups excluding tert-OH is 2. The van der Waals surface area contributed by atoms with Gasteiger partial charge in [-0.3, -0.25) is 38.4 Å². The quantitative estimate of drug-likeness (QED) is 0.0580. The van der Waals surface area contributed by atoms with Gasteiger partial charge in [-0.25, -0.2) is 4.79 Å². The lowest BCUT2D eigenvalue weighted by molar-refractivity contribution is -0.150. The Bertz CT molecular complexity index is 1520. The second-order valence-electron chi connectivity index (χ2n) is 14.1. The van der Waals surface area contributed by atoms with Gasteiger partial charge in [-0.1, -0.05) is 0 Å². The number of likely N-dealkylation sites (tertiary alicyclic amines) is 3. The molecule has 0 aromatic rings. The number of carboxylic acids is 2. The van der Waals surface area contributed by atoms with Crippen LogP contribution in [0.3, 0.4) is 0 Å². The van der Waals surface area contributed by atoms with Crippen LogP contribution in [0, 0.1) is 0 Å². The van der Waals surface area contributed by atoms with E-state index >= 15 is 0 Å². The highest BCUT2D eigenvalue weighted by Gasteiger charge is 2.46. The fourth-order valence-corrected chi connectivity index (χ4v) is 7.35. The molecule has 0 radical (unpaired) electrons. The number of amides is 7. The highest BCUT2D eigenvalue weighted by atomic mass is 32.1. The van der Waals surface area contributed by atoms with Crippen molar-refractivity contribution < 1.29 is 63.6 Å². The van der Waals surface area contributed by atoms with Crippen molar-refractivity contribution in [2.75, 3.05) is 31.1 Å². The molecule has 0 spiro atoms. The first-order valence-corrected chi connectivity index (χ1v) is 19.5. The summed E-state index contributed by atoms with van der Waals surface area (Å²) in [5, 5.41) is 49.0. The molecule has 3 rings (SSSR count). The molecule has 0 saturated carbocycles. The maximum absolute atomic E-state index is 14.0. The number of nitrogens with zero attached hydrogens (tertiary/aromatic N) is 3. The number of rotatable bonds is 18. The van der Waals surface area contributed by atoms with E-state index in [9.17, 15) is 63.6 Å². The zero-order chi connectivity index (χ0) is 42.0. The molecule has 0 aromatic heterocycles. The van der Waals surface area contributed by atoms with Crippen molar-refractivity contribution >= 4 is 78.5 Å². The van der Waals surface area contributed by atoms with Crippen LogP contribution in [-0.2, 0) is 43.2 Å². The van der Waals surface area contributed by atoms with Crippen molar-refractivity contribution in [1.29, 1.82) is 0 Å². The molecule has 56 heavy (non-hydrogen) atoms. The number of thiol groups is 2. The predicted octanol–water partition coefficient (Wildman–Crippen LogP) is -4.59. The Morgan fingerprint density at radius 2 is 1.16 bits per heavy atom. The van der Waals surface area contributed by atoms with Crippen LogP contribution in [0.5, 0.6) is 0 Å². The molecule has 0 aliphatic carbocycles. The molecule has 3 saturated heterocycles. The predicted molar refractivity (Wildman–Crippen MR) is 201 cm³/mol. The molecule has 3 aliphatic rings. The molecule has 23 heteroatoms. The number of carboxylic acid groups (broad SMARTS) is 2. The van der Waals surface area contributed by atoms with E-state index in [-0.39, 0.29) is 50.4 Å². The van der Waals surface area contributed by atoms with E-state index in [2.05, 4.69) is 46.5 Å². The van der Waals surface area contributed by atoms with Crippen LogP contribution in [0.1, 0.15) is 58.8 Å². The molecule has 3 aliphatic heterocycles. The Labute approximate surface area is 333 Å². The smallest absolute Gasteiger partial charge is 0.326 e. The van der Waals surface area contributed by atoms with E-state index in [0.29, 0.717) is 19.3 Å². The Morgan fingerprint density at radius 1 is 0.643 bits per heavy atom. The Morgan fingerprint density at radius 3 is 1.68 bits per heavy atom. The minimum atomic E-state index is -1.86. The summed E-state index contributed by atoms with van der Waals surface area (Å²) >= 11 is 8.10. The van der Waals surface area contributed by atoms with E-state index in [1.54, 1.807) is 0 Å². The Balaban J connectivity index is 1.74. The average molecular weight is 833 g/mol. The van der Waals surface area contributed by atoms with Crippen LogP contribution >= 0.6 is 25.3 Å². The number of hydrogen-bond acceptors (Lipinski definition) is 14. The lowest BCUT2D eigenvalue weighted by Gasteiger charge is -2.34. The molecule has 0 aromatic carbocycles. The van der Waals surface area contributed by atoms with E-state index in [4.69, 9.17) is 5.73 Å². The third-order valence-electron chi connectivity index (χ3n) is 9.93. The molecule has 3 heterocycles. The maximum atomic E-state index is 14.0. The van der Waals surface area contributed by atoms with Gasteiger partial charge in [-0.15, -0.1) is 0 Å². The van der Waals surface area contributed by atoms with E-state index in [1.807, 2.05) is 0 Å². The Hall–Kier alpha value is -4.19. The summed E-state index contributed by atoms with van der Waals surface area (Å²) < 4.78 is 0. The van der Waals surface area contributed by atoms with Crippen LogP contribution < -0.4 is 27.0 Å². The number of hydrogen-bond donors (Lipinski definition) is 11. The molecule has 21 nitrogen and oxygen atoms in total. The monoisotopic (exact) mass is 832 g/mol. The van der Waals surface area contributed by atoms with Crippen molar-refractivity contribution in [1.82, 2.24) is 36.0 Å². The fourth-order valence-electron chi connectivity index (χ4n) is 6.94. The van der Waals surface area contributed by atoms with Gasteiger partial charge in [0, 0.05) is 31.1 Å². The van der Waals surface area contributed by atoms with Crippen molar-refractivity contribution in [3.63, 3.8) is 0 Å². The lowest BCUT2D eigenvalue weighted by Crippen LogP contribution is -2.62. The zero-order valence-corrected chi connectivity index (χ0v) is 32.8. The number of carbonyl (C=O) groups is 9. The van der Waals surface area contributed by atoms with Gasteiger partial charge in [0.1, 0.15) is 42.3 Å². The molecule has 3 fully saturated rings. The first-order chi connectivity index (χ1) is 26.3. The van der Waals surface area contributed by atoms with Gasteiger partial charge in [0.05, 0.1) is 24.7 Å². The van der Waals surface area contributed by atoms with Crippen LogP contribution in [0.25, 0.3) is 0 Å². The van der Waals surface area contributed by atoms with E-state index in [0.717, 1.165) is 11.8 Å². The fraction of sp³-hybridized carbons (Fsp3) is 0.727. The normalized spacial score (nSPS) is 23.2. The summed E-state index contributed by atoms with van der Waals surface area (Å²) in [5.41, 5.74) is 5.62. The van der Waals surface area contributed by atoms with Crippen LogP contribution in [0.2, 0.25) is 0 Å². The minimum absolute atomic E-state index is 0.0231. The second kappa shape index (κ2) is 20.8. The van der Waals surface area contributed by atoms with Gasteiger partial charge < -0.3 is 62.1 Å². The number of aliphatic hydroxyl groups is 2. The minimum Gasteiger partial charge on any atom is -0.481 e. The SMILES string of the molecule is C[C@@H](O)[C@H](NC(=O)[C@@H](N)CS)C(=O)N[C@@H](CC(=O)O)C(=O)N[C@H](C(=O)N1CCC[C@H]1C(=O)N1CCC[C@H]1C(=O)N[C@@H](CS)C(=O)N1CCC[C@H]1C(=O)O)[C@@H](C)O. The summed E-state index contributed by atoms with van der Waals surface area (Å²) in [4.78, 5) is 120. The standard InChI is InChI=1S/C33H52N8O13S2/c1-15(42)24(37-26(46)17(34)13-55)29(49)35-18(12-23(44)45)27(47)38-25(16(2)43)32(52)40-10-4-7-21(40)31(51)39-9-3-6-20(39)28(48)36-19(14-56)30(50)41-11-5-8-22(41)33(53)54/h15-22,24-25,42-43,55-56H,3-14,34H2,1-2H3,(H,35,49)(H,36,48)(H,37,46)(H,38,47)(H,44,45)(H,53,54)/t15-,16-,17+,18+,19+,20+,21+,22+,24+,25+/m1/s1. The third-order valence-corrected chi connectivity index (χ3v) is 10.7. The van der Waals surface area contributed by atoms with Crippen molar-refractivity contribution in [3.05, 3.63) is 0 Å². The van der Waals surface area contributed by atoms with Gasteiger partial charge in [0.25, 0.3) is 0 Å². The number of aliphatic carboxylic acids is 2. The van der Waals surface area contributed by atoms with Gasteiger partial charge in [0.15, 0.2) is 0 Å². The van der Waals surface area contributed by atoms with Gasteiger partial charge in [0.2, 0.25) is 41.4 Å². The van der Waals surface area contributed by atoms with Crippen molar-refractivity contribution in [2.45, 2.75) is 119 Å². The topological polar surface area (TPSA) is 318 Å². The average Bonchev–Trinajstić information content (AvgIpc) is 3.94. The van der Waals surface area contributed by atoms with E-state index < -0.39 is 120 Å². The van der Waals surface area contributed by atoms with Gasteiger partial charge in [-0.2, -0.15) is 25.3 Å². The molecule has 7 amide bonds. The zero-order valence-electron chi connectivity index (χ0n) is 31.0. The first-order valence-electron chi connectivity index (χ1n) is 18.2. The van der Waals surface area contributed by atoms with Crippen LogP contribution in [-0.4, -0.2) is 180 Å². The second-order valence-corrected chi connectivity index (χ2v) is 14.8. The molecular weight excluding hydrogens is 781 g/mol. The third kappa shape index (κ3) is 11.4. The molecule has 10 atom stereocenters. The van der Waals surface area contributed by atoms with Crippen molar-refractivity contribution in [2.24, 2.45) is 5.73 Å². The van der Waals surface area contributed by atoms with E-state index in [1.165, 1.54) is 16.7 Å². The summed E-state index contributed by atoms with van der Waals surface area (Å²) in [6, 6.07) is -10.8. The molecule has 314 valence electrons. The molecule has 0 bridgehead atoms. The first kappa shape index (κ1) is 46.2. The van der Waals surface area contributed by atoms with Gasteiger partial charge >= 0.3 is 11.9 Å². The molecule has 10 N–H and O–H groups in total. The lowest BCUT2D eigenvalue weighted by atomic mass is 10.1. The highest BCUT2D eigenvalue weighted by molar-refractivity contribution is 7.80. The summed E-state index contributed by atoms with van der Waals surface area (Å²) in [6.07, 6.45) is -2.21. The van der Waals surface area contributed by atoms with Crippen LogP contribution in [0.4, 0.5) is 0 Å². The molecular formula is C33H52N8O13S2. The highest BCUT2D eigenvalue weighted by Crippen LogP contribution is 2.26.